The van der Waals surface area contributed by atoms with Crippen molar-refractivity contribution in [3.63, 3.8) is 0 Å². The minimum absolute atomic E-state index is 0.0813. The summed E-state index contributed by atoms with van der Waals surface area (Å²) < 4.78 is 13.2. The molecule has 0 radical (unpaired) electrons. The maximum atomic E-state index is 11.2. The van der Waals surface area contributed by atoms with E-state index < -0.39 is 0 Å². The molecule has 5 heteroatoms. The van der Waals surface area contributed by atoms with Crippen molar-refractivity contribution >= 4 is 22.4 Å². The smallest absolute Gasteiger partial charge is 0.221 e. The fourth-order valence-electron chi connectivity index (χ4n) is 3.35. The van der Waals surface area contributed by atoms with E-state index in [4.69, 9.17) is 9.47 Å². The molecule has 0 aliphatic heterocycles. The molecule has 1 aromatic heterocycles. The molecule has 0 spiro atoms. The van der Waals surface area contributed by atoms with E-state index in [0.29, 0.717) is 0 Å². The Hall–Kier alpha value is -3.08. The number of carbonyl (C=O) groups is 1. The Morgan fingerprint density at radius 2 is 1.69 bits per heavy atom. The standard InChI is InChI=1S/C21H22N2O3/c1-13-10-16-11-19(25-4)12-20(26-5)21(16)14(2)23(13)18-8-6-17(7-9-18)22-15(3)24/h6-12H,1-5H3/p+1. The summed E-state index contributed by atoms with van der Waals surface area (Å²) in [5.41, 5.74) is 3.97. The van der Waals surface area contributed by atoms with Gasteiger partial charge in [-0.15, -0.1) is 0 Å². The second kappa shape index (κ2) is 7.04. The van der Waals surface area contributed by atoms with Gasteiger partial charge < -0.3 is 14.8 Å². The zero-order valence-electron chi connectivity index (χ0n) is 15.7. The summed E-state index contributed by atoms with van der Waals surface area (Å²) in [6.45, 7) is 5.65. The monoisotopic (exact) mass is 351 g/mol. The van der Waals surface area contributed by atoms with E-state index >= 15 is 0 Å². The number of carbonyl (C=O) groups excluding carboxylic acids is 1. The lowest BCUT2D eigenvalue weighted by molar-refractivity contribution is -0.607. The van der Waals surface area contributed by atoms with Gasteiger partial charge in [0, 0.05) is 56.1 Å². The SMILES string of the molecule is COc1cc(OC)c2c(C)[n+](-c3ccc(NC(C)=O)cc3)c(C)cc2c1. The molecule has 1 N–H and O–H groups in total. The highest BCUT2D eigenvalue weighted by Crippen LogP contribution is 2.33. The fourth-order valence-corrected chi connectivity index (χ4v) is 3.35. The van der Waals surface area contributed by atoms with Crippen molar-refractivity contribution in [2.45, 2.75) is 20.8 Å². The Kier molecular flexibility index (Phi) is 4.80. The average Bonchev–Trinajstić information content (AvgIpc) is 2.61. The van der Waals surface area contributed by atoms with Crippen LogP contribution in [0, 0.1) is 13.8 Å². The number of rotatable bonds is 4. The first-order valence-corrected chi connectivity index (χ1v) is 8.40. The predicted octanol–water partition coefficient (Wildman–Crippen LogP) is 3.71. The third kappa shape index (κ3) is 3.20. The first kappa shape index (κ1) is 17.7. The number of nitrogens with one attached hydrogen (secondary N) is 1. The molecule has 0 atom stereocenters. The topological polar surface area (TPSA) is 51.4 Å². The molecule has 1 heterocycles. The maximum absolute atomic E-state index is 11.2. The van der Waals surface area contributed by atoms with Crippen LogP contribution in [0.3, 0.4) is 0 Å². The van der Waals surface area contributed by atoms with Crippen molar-refractivity contribution < 1.29 is 18.8 Å². The fraction of sp³-hybridized carbons (Fsp3) is 0.238. The van der Waals surface area contributed by atoms with Gasteiger partial charge in [0.1, 0.15) is 11.5 Å². The summed E-state index contributed by atoms with van der Waals surface area (Å²) >= 11 is 0. The van der Waals surface area contributed by atoms with Crippen LogP contribution < -0.4 is 19.4 Å². The second-order valence-electron chi connectivity index (χ2n) is 6.23. The summed E-state index contributed by atoms with van der Waals surface area (Å²) in [6, 6.07) is 13.8. The summed E-state index contributed by atoms with van der Waals surface area (Å²) in [5.74, 6) is 1.47. The summed E-state index contributed by atoms with van der Waals surface area (Å²) in [7, 11) is 3.32. The highest BCUT2D eigenvalue weighted by molar-refractivity contribution is 5.91. The molecule has 3 aromatic rings. The Bertz CT molecular complexity index is 979. The van der Waals surface area contributed by atoms with Crippen molar-refractivity contribution in [1.82, 2.24) is 0 Å². The highest BCUT2D eigenvalue weighted by Gasteiger charge is 2.21. The molecule has 0 saturated carbocycles. The van der Waals surface area contributed by atoms with Gasteiger partial charge in [-0.25, -0.2) is 0 Å². The maximum Gasteiger partial charge on any atom is 0.221 e. The van der Waals surface area contributed by atoms with Crippen LogP contribution in [0.4, 0.5) is 5.69 Å². The first-order valence-electron chi connectivity index (χ1n) is 8.40. The predicted molar refractivity (Wildman–Crippen MR) is 102 cm³/mol. The van der Waals surface area contributed by atoms with Crippen molar-refractivity contribution in [3.8, 4) is 17.2 Å². The Labute approximate surface area is 153 Å². The summed E-state index contributed by atoms with van der Waals surface area (Å²) in [4.78, 5) is 11.2. The lowest BCUT2D eigenvalue weighted by Crippen LogP contribution is -2.37. The van der Waals surface area contributed by atoms with E-state index in [1.54, 1.807) is 14.2 Å². The van der Waals surface area contributed by atoms with Crippen molar-refractivity contribution in [1.29, 1.82) is 0 Å². The van der Waals surface area contributed by atoms with Gasteiger partial charge >= 0.3 is 0 Å². The van der Waals surface area contributed by atoms with Crippen LogP contribution in [0.2, 0.25) is 0 Å². The van der Waals surface area contributed by atoms with Crippen molar-refractivity contribution in [3.05, 3.63) is 53.9 Å². The Morgan fingerprint density at radius 3 is 2.27 bits per heavy atom. The van der Waals surface area contributed by atoms with Gasteiger partial charge in [-0.1, -0.05) is 0 Å². The van der Waals surface area contributed by atoms with Crippen LogP contribution >= 0.6 is 0 Å². The molecule has 0 fully saturated rings. The molecule has 2 aromatic carbocycles. The number of aromatic nitrogens is 1. The number of ether oxygens (including phenoxy) is 2. The van der Waals surface area contributed by atoms with E-state index in [1.807, 2.05) is 36.4 Å². The molecule has 0 unspecified atom stereocenters. The molecule has 5 nitrogen and oxygen atoms in total. The number of benzene rings is 2. The van der Waals surface area contributed by atoms with Crippen LogP contribution in [-0.4, -0.2) is 20.1 Å². The molecule has 26 heavy (non-hydrogen) atoms. The van der Waals surface area contributed by atoms with Crippen LogP contribution in [0.5, 0.6) is 11.5 Å². The van der Waals surface area contributed by atoms with Gasteiger partial charge in [0.15, 0.2) is 11.4 Å². The lowest BCUT2D eigenvalue weighted by atomic mass is 10.1. The molecule has 1 amide bonds. The number of anilines is 1. The minimum atomic E-state index is -0.0813. The first-order chi connectivity index (χ1) is 12.4. The molecule has 0 aliphatic carbocycles. The zero-order valence-corrected chi connectivity index (χ0v) is 15.7. The van der Waals surface area contributed by atoms with Crippen molar-refractivity contribution in [2.24, 2.45) is 0 Å². The van der Waals surface area contributed by atoms with Gasteiger partial charge in [-0.2, -0.15) is 4.57 Å². The molecule has 134 valence electrons. The third-order valence-corrected chi connectivity index (χ3v) is 4.42. The summed E-state index contributed by atoms with van der Waals surface area (Å²) in [6.07, 6.45) is 0. The number of hydrogen-bond donors (Lipinski definition) is 1. The number of fused-ring (bicyclic) bond motifs is 1. The number of nitrogens with zero attached hydrogens (tertiary/aromatic N) is 1. The minimum Gasteiger partial charge on any atom is -0.497 e. The number of hydrogen-bond acceptors (Lipinski definition) is 3. The van der Waals surface area contributed by atoms with E-state index in [9.17, 15) is 4.79 Å². The molecule has 0 bridgehead atoms. The van der Waals surface area contributed by atoms with E-state index in [-0.39, 0.29) is 5.91 Å². The number of amides is 1. The average molecular weight is 351 g/mol. The number of aryl methyl sites for hydroxylation is 2. The van der Waals surface area contributed by atoms with Gasteiger partial charge in [0.05, 0.1) is 19.6 Å². The normalized spacial score (nSPS) is 10.7. The van der Waals surface area contributed by atoms with Crippen LogP contribution in [-0.2, 0) is 4.79 Å². The second-order valence-corrected chi connectivity index (χ2v) is 6.23. The number of pyridine rings is 1. The van der Waals surface area contributed by atoms with Crippen LogP contribution in [0.25, 0.3) is 16.5 Å². The zero-order chi connectivity index (χ0) is 18.8. The third-order valence-electron chi connectivity index (χ3n) is 4.42. The van der Waals surface area contributed by atoms with Gasteiger partial charge in [0.25, 0.3) is 0 Å². The van der Waals surface area contributed by atoms with Gasteiger partial charge in [0.2, 0.25) is 11.6 Å². The molecular formula is C21H23N2O3+. The van der Waals surface area contributed by atoms with Crippen molar-refractivity contribution in [2.75, 3.05) is 19.5 Å². The molecular weight excluding hydrogens is 328 g/mol. The summed E-state index contributed by atoms with van der Waals surface area (Å²) in [5, 5.41) is 4.91. The Morgan fingerprint density at radius 1 is 1.00 bits per heavy atom. The molecule has 0 aliphatic rings. The van der Waals surface area contributed by atoms with Crippen LogP contribution in [0.15, 0.2) is 42.5 Å². The number of methoxy groups -OCH3 is 2. The van der Waals surface area contributed by atoms with E-state index in [0.717, 1.165) is 45.0 Å². The lowest BCUT2D eigenvalue weighted by Gasteiger charge is -2.12. The largest absolute Gasteiger partial charge is 0.497 e. The van der Waals surface area contributed by atoms with E-state index in [1.165, 1.54) is 6.92 Å². The van der Waals surface area contributed by atoms with Crippen LogP contribution in [0.1, 0.15) is 18.3 Å². The van der Waals surface area contributed by atoms with E-state index in [2.05, 4.69) is 29.8 Å². The highest BCUT2D eigenvalue weighted by atomic mass is 16.5. The molecule has 0 saturated heterocycles. The van der Waals surface area contributed by atoms with Gasteiger partial charge in [-0.05, 0) is 18.2 Å². The quantitative estimate of drug-likeness (QED) is 0.729. The molecule has 3 rings (SSSR count). The Balaban J connectivity index is 2.19. The van der Waals surface area contributed by atoms with Gasteiger partial charge in [-0.3, -0.25) is 4.79 Å².